The van der Waals surface area contributed by atoms with Gasteiger partial charge in [-0.3, -0.25) is 4.79 Å². The predicted octanol–water partition coefficient (Wildman–Crippen LogP) is 2.25. The molecule has 96 valence electrons. The van der Waals surface area contributed by atoms with Crippen molar-refractivity contribution in [1.82, 2.24) is 4.90 Å². The predicted molar refractivity (Wildman–Crippen MR) is 69.1 cm³/mol. The van der Waals surface area contributed by atoms with Crippen LogP contribution in [0.25, 0.3) is 0 Å². The molecule has 0 saturated heterocycles. The van der Waals surface area contributed by atoms with Gasteiger partial charge in [-0.25, -0.2) is 0 Å². The van der Waals surface area contributed by atoms with E-state index in [2.05, 4.69) is 27.7 Å². The van der Waals surface area contributed by atoms with Crippen molar-refractivity contribution in [3.05, 3.63) is 0 Å². The van der Waals surface area contributed by atoms with E-state index in [-0.39, 0.29) is 5.91 Å². The van der Waals surface area contributed by atoms with E-state index < -0.39 is 5.54 Å². The minimum absolute atomic E-state index is 0.0809. The average molecular weight is 228 g/mol. The second-order valence-corrected chi connectivity index (χ2v) is 5.77. The van der Waals surface area contributed by atoms with Gasteiger partial charge in [-0.15, -0.1) is 0 Å². The molecule has 0 saturated carbocycles. The van der Waals surface area contributed by atoms with Gasteiger partial charge in [0.25, 0.3) is 0 Å². The van der Waals surface area contributed by atoms with Crippen LogP contribution < -0.4 is 5.73 Å². The maximum atomic E-state index is 12.3. The molecule has 16 heavy (non-hydrogen) atoms. The smallest absolute Gasteiger partial charge is 0.242 e. The van der Waals surface area contributed by atoms with Gasteiger partial charge in [0.2, 0.25) is 5.91 Å². The maximum Gasteiger partial charge on any atom is 0.242 e. The van der Waals surface area contributed by atoms with Crippen LogP contribution in [0.4, 0.5) is 0 Å². The molecular weight excluding hydrogens is 200 g/mol. The van der Waals surface area contributed by atoms with Crippen molar-refractivity contribution in [2.24, 2.45) is 17.6 Å². The summed E-state index contributed by atoms with van der Waals surface area (Å²) in [4.78, 5) is 14.2. The molecule has 1 atom stereocenters. The Morgan fingerprint density at radius 1 is 1.19 bits per heavy atom. The van der Waals surface area contributed by atoms with E-state index in [1.807, 2.05) is 18.7 Å². The van der Waals surface area contributed by atoms with E-state index in [9.17, 15) is 4.79 Å². The van der Waals surface area contributed by atoms with E-state index in [1.165, 1.54) is 0 Å². The van der Waals surface area contributed by atoms with Gasteiger partial charge in [-0.05, 0) is 25.2 Å². The van der Waals surface area contributed by atoms with Crippen LogP contribution in [0.2, 0.25) is 0 Å². The summed E-state index contributed by atoms with van der Waals surface area (Å²) in [6.07, 6.45) is 0.679. The molecule has 0 heterocycles. The lowest BCUT2D eigenvalue weighted by Gasteiger charge is -2.33. The fourth-order valence-electron chi connectivity index (χ4n) is 1.63. The topological polar surface area (TPSA) is 46.3 Å². The quantitative estimate of drug-likeness (QED) is 0.758. The Balaban J connectivity index is 4.68. The third-order valence-electron chi connectivity index (χ3n) is 2.68. The van der Waals surface area contributed by atoms with E-state index in [4.69, 9.17) is 5.73 Å². The maximum absolute atomic E-state index is 12.3. The molecule has 3 heteroatoms. The minimum atomic E-state index is -0.718. The van der Waals surface area contributed by atoms with Crippen LogP contribution in [-0.4, -0.2) is 29.4 Å². The zero-order chi connectivity index (χ0) is 12.9. The Morgan fingerprint density at radius 3 is 1.81 bits per heavy atom. The minimum Gasteiger partial charge on any atom is -0.341 e. The lowest BCUT2D eigenvalue weighted by Crippen LogP contribution is -2.54. The highest BCUT2D eigenvalue weighted by atomic mass is 16.2. The van der Waals surface area contributed by atoms with Gasteiger partial charge >= 0.3 is 0 Å². The van der Waals surface area contributed by atoms with Gasteiger partial charge in [-0.2, -0.15) is 0 Å². The largest absolute Gasteiger partial charge is 0.341 e. The number of carbonyl (C=O) groups is 1. The lowest BCUT2D eigenvalue weighted by atomic mass is 9.97. The molecule has 0 rings (SSSR count). The first-order valence-corrected chi connectivity index (χ1v) is 6.29. The van der Waals surface area contributed by atoms with Crippen LogP contribution in [0.1, 0.15) is 48.0 Å². The third kappa shape index (κ3) is 4.97. The number of hydrogen-bond acceptors (Lipinski definition) is 2. The fourth-order valence-corrected chi connectivity index (χ4v) is 1.63. The molecule has 0 aromatic rings. The summed E-state index contributed by atoms with van der Waals surface area (Å²) in [5, 5.41) is 0. The van der Waals surface area contributed by atoms with Crippen molar-refractivity contribution < 1.29 is 4.79 Å². The molecule has 0 aliphatic heterocycles. The fraction of sp³-hybridized carbons (Fsp3) is 0.923. The highest BCUT2D eigenvalue weighted by Gasteiger charge is 2.31. The van der Waals surface area contributed by atoms with Crippen molar-refractivity contribution in [2.45, 2.75) is 53.5 Å². The summed E-state index contributed by atoms with van der Waals surface area (Å²) in [6, 6.07) is 0. The molecular formula is C13H28N2O. The Bertz CT molecular complexity index is 212. The van der Waals surface area contributed by atoms with Crippen LogP contribution in [0.3, 0.4) is 0 Å². The monoisotopic (exact) mass is 228 g/mol. The zero-order valence-corrected chi connectivity index (χ0v) is 11.7. The number of rotatable bonds is 6. The highest BCUT2D eigenvalue weighted by molar-refractivity contribution is 5.85. The SMILES string of the molecule is CCC(C)(N)C(=O)N(CC(C)C)CC(C)C. The first-order valence-electron chi connectivity index (χ1n) is 6.29. The highest BCUT2D eigenvalue weighted by Crippen LogP contribution is 2.13. The molecule has 0 aliphatic rings. The van der Waals surface area contributed by atoms with Crippen LogP contribution in [0.5, 0.6) is 0 Å². The summed E-state index contributed by atoms with van der Waals surface area (Å²) in [7, 11) is 0. The summed E-state index contributed by atoms with van der Waals surface area (Å²) < 4.78 is 0. The first kappa shape index (κ1) is 15.4. The Kier molecular flexibility index (Phi) is 6.01. The first-order chi connectivity index (χ1) is 7.20. The molecule has 1 unspecified atom stereocenters. The van der Waals surface area contributed by atoms with Crippen molar-refractivity contribution >= 4 is 5.91 Å². The van der Waals surface area contributed by atoms with Crippen molar-refractivity contribution in [3.8, 4) is 0 Å². The van der Waals surface area contributed by atoms with E-state index in [0.29, 0.717) is 18.3 Å². The molecule has 0 spiro atoms. The summed E-state index contributed by atoms with van der Waals surface area (Å²) >= 11 is 0. The Hall–Kier alpha value is -0.570. The molecule has 0 aromatic carbocycles. The number of nitrogens with two attached hydrogens (primary N) is 1. The normalized spacial score (nSPS) is 15.3. The van der Waals surface area contributed by atoms with E-state index in [1.54, 1.807) is 0 Å². The average Bonchev–Trinajstić information content (AvgIpc) is 2.14. The molecule has 0 aliphatic carbocycles. The standard InChI is InChI=1S/C13H28N2O/c1-7-13(6,14)12(16)15(8-10(2)3)9-11(4)5/h10-11H,7-9,14H2,1-6H3. The zero-order valence-electron chi connectivity index (χ0n) is 11.7. The van der Waals surface area contributed by atoms with Crippen LogP contribution in [0, 0.1) is 11.8 Å². The second-order valence-electron chi connectivity index (χ2n) is 5.77. The van der Waals surface area contributed by atoms with Gasteiger partial charge < -0.3 is 10.6 Å². The third-order valence-corrected chi connectivity index (χ3v) is 2.68. The van der Waals surface area contributed by atoms with Gasteiger partial charge in [0.15, 0.2) is 0 Å². The van der Waals surface area contributed by atoms with Gasteiger partial charge in [-0.1, -0.05) is 34.6 Å². The van der Waals surface area contributed by atoms with Crippen molar-refractivity contribution in [2.75, 3.05) is 13.1 Å². The molecule has 2 N–H and O–H groups in total. The van der Waals surface area contributed by atoms with Crippen molar-refractivity contribution in [1.29, 1.82) is 0 Å². The molecule has 3 nitrogen and oxygen atoms in total. The molecule has 0 radical (unpaired) electrons. The summed E-state index contributed by atoms with van der Waals surface area (Å²) in [5.41, 5.74) is 5.30. The van der Waals surface area contributed by atoms with E-state index >= 15 is 0 Å². The number of nitrogens with zero attached hydrogens (tertiary/aromatic N) is 1. The summed E-state index contributed by atoms with van der Waals surface area (Å²) in [5.74, 6) is 1.04. The number of carbonyl (C=O) groups excluding carboxylic acids is 1. The molecule has 0 fully saturated rings. The van der Waals surface area contributed by atoms with E-state index in [0.717, 1.165) is 13.1 Å². The number of hydrogen-bond donors (Lipinski definition) is 1. The van der Waals surface area contributed by atoms with Gasteiger partial charge in [0.1, 0.15) is 0 Å². The van der Waals surface area contributed by atoms with Gasteiger partial charge in [0, 0.05) is 13.1 Å². The second kappa shape index (κ2) is 6.24. The Labute approximate surface area is 100 Å². The molecule has 1 amide bonds. The Morgan fingerprint density at radius 2 is 1.56 bits per heavy atom. The van der Waals surface area contributed by atoms with Crippen LogP contribution in [0.15, 0.2) is 0 Å². The molecule has 0 aromatic heterocycles. The van der Waals surface area contributed by atoms with Crippen LogP contribution >= 0.6 is 0 Å². The van der Waals surface area contributed by atoms with Crippen LogP contribution in [-0.2, 0) is 4.79 Å². The number of amides is 1. The van der Waals surface area contributed by atoms with Crippen molar-refractivity contribution in [3.63, 3.8) is 0 Å². The van der Waals surface area contributed by atoms with Gasteiger partial charge in [0.05, 0.1) is 5.54 Å². The lowest BCUT2D eigenvalue weighted by molar-refractivity contribution is -0.137. The molecule has 0 bridgehead atoms. The summed E-state index contributed by atoms with van der Waals surface area (Å²) in [6.45, 7) is 13.9.